The van der Waals surface area contributed by atoms with Crippen LogP contribution in [0.25, 0.3) is 22.0 Å². The zero-order valence-electron chi connectivity index (χ0n) is 18.2. The number of hydrogen-bond acceptors (Lipinski definition) is 5. The number of likely N-dealkylation sites (N-methyl/N-ethyl adjacent to an activating group) is 1. The number of aromatic amines is 1. The molecule has 0 unspecified atom stereocenters. The van der Waals surface area contributed by atoms with Crippen LogP contribution in [0.4, 0.5) is 5.69 Å². The lowest BCUT2D eigenvalue weighted by atomic mass is 9.98. The molecule has 1 N–H and O–H groups in total. The molecule has 1 amide bonds. The third-order valence-electron chi connectivity index (χ3n) is 5.54. The second kappa shape index (κ2) is 6.69. The topological polar surface area (TPSA) is 105 Å². The highest BCUT2D eigenvalue weighted by Gasteiger charge is 2.41. The van der Waals surface area contributed by atoms with Crippen LogP contribution in [0.2, 0.25) is 0 Å². The van der Waals surface area contributed by atoms with Crippen LogP contribution < -0.4 is 15.2 Å². The van der Waals surface area contributed by atoms with Crippen molar-refractivity contribution in [3.05, 3.63) is 40.9 Å². The van der Waals surface area contributed by atoms with Crippen LogP contribution in [0.5, 0.6) is 5.75 Å². The van der Waals surface area contributed by atoms with Gasteiger partial charge in [0, 0.05) is 57.1 Å². The van der Waals surface area contributed by atoms with Gasteiger partial charge in [0.2, 0.25) is 10.0 Å². The number of rotatable bonds is 3. The Morgan fingerprint density at radius 3 is 2.42 bits per heavy atom. The summed E-state index contributed by atoms with van der Waals surface area (Å²) in [4.78, 5) is 29.7. The number of ether oxygens (including phenoxy) is 1. The maximum absolute atomic E-state index is 13.0. The van der Waals surface area contributed by atoms with Crippen LogP contribution in [0.3, 0.4) is 0 Å². The molecule has 0 saturated heterocycles. The zero-order valence-corrected chi connectivity index (χ0v) is 19.0. The van der Waals surface area contributed by atoms with Crippen molar-refractivity contribution in [1.29, 1.82) is 0 Å². The van der Waals surface area contributed by atoms with Crippen LogP contribution in [-0.4, -0.2) is 54.9 Å². The first-order chi connectivity index (χ1) is 14.4. The van der Waals surface area contributed by atoms with Crippen LogP contribution in [0.1, 0.15) is 13.8 Å². The Bertz CT molecular complexity index is 1400. The van der Waals surface area contributed by atoms with Crippen molar-refractivity contribution in [2.45, 2.75) is 24.3 Å². The molecule has 9 nitrogen and oxygen atoms in total. The second-order valence-electron chi connectivity index (χ2n) is 8.31. The van der Waals surface area contributed by atoms with E-state index in [4.69, 9.17) is 4.74 Å². The molecule has 0 aliphatic carbocycles. The van der Waals surface area contributed by atoms with E-state index in [1.54, 1.807) is 46.4 Å². The molecule has 0 spiro atoms. The third kappa shape index (κ3) is 3.05. The largest absolute Gasteiger partial charge is 0.475 e. The van der Waals surface area contributed by atoms with Gasteiger partial charge in [-0.1, -0.05) is 0 Å². The fourth-order valence-corrected chi connectivity index (χ4v) is 4.75. The minimum absolute atomic E-state index is 0.0201. The summed E-state index contributed by atoms with van der Waals surface area (Å²) in [7, 11) is 2.30. The summed E-state index contributed by atoms with van der Waals surface area (Å²) >= 11 is 0. The maximum Gasteiger partial charge on any atom is 0.274 e. The van der Waals surface area contributed by atoms with Gasteiger partial charge in [0.25, 0.3) is 11.5 Å². The number of anilines is 1. The number of sulfonamides is 1. The van der Waals surface area contributed by atoms with Gasteiger partial charge < -0.3 is 19.2 Å². The number of carbonyl (C=O) groups excluding carboxylic acids is 1. The Labute approximate surface area is 179 Å². The van der Waals surface area contributed by atoms with E-state index >= 15 is 0 Å². The number of aromatic nitrogens is 2. The van der Waals surface area contributed by atoms with E-state index in [1.165, 1.54) is 35.7 Å². The summed E-state index contributed by atoms with van der Waals surface area (Å²) < 4.78 is 34.6. The van der Waals surface area contributed by atoms with Crippen LogP contribution in [0.15, 0.2) is 40.3 Å². The van der Waals surface area contributed by atoms with E-state index in [0.29, 0.717) is 33.5 Å². The van der Waals surface area contributed by atoms with Gasteiger partial charge in [-0.3, -0.25) is 9.59 Å². The molecule has 0 fully saturated rings. The van der Waals surface area contributed by atoms with Crippen molar-refractivity contribution in [3.8, 4) is 16.9 Å². The van der Waals surface area contributed by atoms with Crippen molar-refractivity contribution in [2.75, 3.05) is 26.0 Å². The number of nitrogens with zero attached hydrogens (tertiary/aromatic N) is 3. The van der Waals surface area contributed by atoms with Gasteiger partial charge in [0.05, 0.1) is 10.6 Å². The van der Waals surface area contributed by atoms with Crippen LogP contribution in [0, 0.1) is 0 Å². The average Bonchev–Trinajstić information content (AvgIpc) is 3.18. The summed E-state index contributed by atoms with van der Waals surface area (Å²) in [6, 6.07) is 4.73. The fraction of sp³-hybridized carbons (Fsp3) is 0.333. The molecule has 0 atom stereocenters. The van der Waals surface area contributed by atoms with E-state index in [-0.39, 0.29) is 16.4 Å². The molecule has 2 aromatic heterocycles. The number of aryl methyl sites for hydroxylation is 1. The number of nitrogens with one attached hydrogen (secondary N) is 1. The minimum atomic E-state index is -3.81. The molecule has 1 aliphatic rings. The molecule has 1 aliphatic heterocycles. The van der Waals surface area contributed by atoms with E-state index in [1.807, 2.05) is 0 Å². The molecule has 1 aromatic carbocycles. The molecule has 10 heteroatoms. The first-order valence-corrected chi connectivity index (χ1v) is 11.0. The Morgan fingerprint density at radius 2 is 1.77 bits per heavy atom. The summed E-state index contributed by atoms with van der Waals surface area (Å²) in [5.41, 5.74) is 0.489. The lowest BCUT2D eigenvalue weighted by Crippen LogP contribution is -2.51. The lowest BCUT2D eigenvalue weighted by molar-refractivity contribution is -0.132. The SMILES string of the molecule is CN1C(=O)C(C)(C)Oc2c(-c3cn(C)c(=O)c4[nH]ccc34)cc(S(=O)(=O)N(C)C)cc21. The quantitative estimate of drug-likeness (QED) is 0.665. The zero-order chi connectivity index (χ0) is 22.9. The van der Waals surface area contributed by atoms with E-state index in [9.17, 15) is 18.0 Å². The predicted octanol–water partition coefficient (Wildman–Crippen LogP) is 1.92. The van der Waals surface area contributed by atoms with Gasteiger partial charge >= 0.3 is 0 Å². The van der Waals surface area contributed by atoms with Crippen molar-refractivity contribution in [3.63, 3.8) is 0 Å². The molecular formula is C21H24N4O5S. The van der Waals surface area contributed by atoms with Crippen molar-refractivity contribution >= 4 is 32.5 Å². The van der Waals surface area contributed by atoms with Crippen molar-refractivity contribution in [1.82, 2.24) is 13.9 Å². The number of pyridine rings is 1. The number of carbonyl (C=O) groups is 1. The van der Waals surface area contributed by atoms with Gasteiger partial charge in [-0.15, -0.1) is 0 Å². The fourth-order valence-electron chi connectivity index (χ4n) is 3.80. The summed E-state index contributed by atoms with van der Waals surface area (Å²) in [6.45, 7) is 3.32. The Hall–Kier alpha value is -3.11. The number of hydrogen-bond donors (Lipinski definition) is 1. The standard InChI is InChI=1S/C21H24N4O5S/c1-21(2)20(27)25(6)16-10-12(31(28,29)23(3)4)9-14(18(16)30-21)15-11-24(5)19(26)17-13(15)7-8-22-17/h7-11,22H,1-6H3. The summed E-state index contributed by atoms with van der Waals surface area (Å²) in [5, 5.41) is 0.630. The van der Waals surface area contributed by atoms with E-state index < -0.39 is 15.6 Å². The number of amides is 1. The van der Waals surface area contributed by atoms with E-state index in [0.717, 1.165) is 4.31 Å². The average molecular weight is 445 g/mol. The number of H-pyrrole nitrogens is 1. The predicted molar refractivity (Wildman–Crippen MR) is 118 cm³/mol. The van der Waals surface area contributed by atoms with Gasteiger partial charge in [0.15, 0.2) is 11.4 Å². The van der Waals surface area contributed by atoms with Gasteiger partial charge in [-0.2, -0.15) is 0 Å². The molecular weight excluding hydrogens is 420 g/mol. The van der Waals surface area contributed by atoms with Crippen LogP contribution >= 0.6 is 0 Å². The molecule has 0 radical (unpaired) electrons. The highest BCUT2D eigenvalue weighted by Crippen LogP contribution is 2.47. The smallest absolute Gasteiger partial charge is 0.274 e. The van der Waals surface area contributed by atoms with Gasteiger partial charge in [-0.05, 0) is 32.0 Å². The highest BCUT2D eigenvalue weighted by atomic mass is 32.2. The van der Waals surface area contributed by atoms with E-state index in [2.05, 4.69) is 4.98 Å². The molecule has 0 saturated carbocycles. The van der Waals surface area contributed by atoms with Gasteiger partial charge in [-0.25, -0.2) is 12.7 Å². The molecule has 4 rings (SSSR count). The molecule has 3 aromatic rings. The summed E-state index contributed by atoms with van der Waals surface area (Å²) in [6.07, 6.45) is 3.30. The first-order valence-electron chi connectivity index (χ1n) is 9.61. The first kappa shape index (κ1) is 21.1. The lowest BCUT2D eigenvalue weighted by Gasteiger charge is -2.38. The number of fused-ring (bicyclic) bond motifs is 2. The maximum atomic E-state index is 13.0. The molecule has 31 heavy (non-hydrogen) atoms. The van der Waals surface area contributed by atoms with Gasteiger partial charge in [0.1, 0.15) is 5.52 Å². The molecule has 3 heterocycles. The van der Waals surface area contributed by atoms with Crippen molar-refractivity contribution < 1.29 is 17.9 Å². The van der Waals surface area contributed by atoms with Crippen LogP contribution in [-0.2, 0) is 21.9 Å². The number of benzene rings is 1. The molecule has 0 bridgehead atoms. The molecule has 164 valence electrons. The Kier molecular flexibility index (Phi) is 4.56. The monoisotopic (exact) mass is 444 g/mol. The highest BCUT2D eigenvalue weighted by molar-refractivity contribution is 7.89. The Balaban J connectivity index is 2.15. The normalized spacial score (nSPS) is 16.0. The van der Waals surface area contributed by atoms with Crippen molar-refractivity contribution in [2.24, 2.45) is 7.05 Å². The Morgan fingerprint density at radius 1 is 1.10 bits per heavy atom. The third-order valence-corrected chi connectivity index (χ3v) is 7.34. The minimum Gasteiger partial charge on any atom is -0.475 e. The summed E-state index contributed by atoms with van der Waals surface area (Å²) in [5.74, 6) is 0.0866. The second-order valence-corrected chi connectivity index (χ2v) is 10.5.